The van der Waals surface area contributed by atoms with Gasteiger partial charge in [-0.2, -0.15) is 0 Å². The highest BCUT2D eigenvalue weighted by atomic mass is 15.1. The standard InChI is InChI=1S/C16H22N4/c1-12(14-7-5-4-6-8-14)9-10-18-16-11-15(17-3)19-13(2)20-16/h4-8,11-12H,9-10H2,1-3H3,(H2,17,18,19,20). The molecule has 0 fully saturated rings. The molecule has 20 heavy (non-hydrogen) atoms. The van der Waals surface area contributed by atoms with E-state index in [1.165, 1.54) is 5.56 Å². The van der Waals surface area contributed by atoms with Gasteiger partial charge in [0.1, 0.15) is 17.5 Å². The summed E-state index contributed by atoms with van der Waals surface area (Å²) in [5.74, 6) is 3.03. The Balaban J connectivity index is 1.88. The lowest BCUT2D eigenvalue weighted by molar-refractivity contribution is 0.704. The second-order valence-corrected chi connectivity index (χ2v) is 4.96. The lowest BCUT2D eigenvalue weighted by Crippen LogP contribution is -2.09. The molecule has 1 unspecified atom stereocenters. The van der Waals surface area contributed by atoms with Crippen LogP contribution in [0.1, 0.15) is 30.7 Å². The first-order chi connectivity index (χ1) is 9.69. The van der Waals surface area contributed by atoms with Gasteiger partial charge in [0.05, 0.1) is 0 Å². The second-order valence-electron chi connectivity index (χ2n) is 4.96. The first-order valence-electron chi connectivity index (χ1n) is 7.01. The molecule has 0 aliphatic heterocycles. The Labute approximate surface area is 120 Å². The molecule has 4 nitrogen and oxygen atoms in total. The van der Waals surface area contributed by atoms with Crippen LogP contribution in [0.3, 0.4) is 0 Å². The molecular weight excluding hydrogens is 248 g/mol. The van der Waals surface area contributed by atoms with Crippen LogP contribution in [0.25, 0.3) is 0 Å². The quantitative estimate of drug-likeness (QED) is 0.844. The minimum atomic E-state index is 0.537. The van der Waals surface area contributed by atoms with Gasteiger partial charge in [0, 0.05) is 19.7 Å². The normalized spacial score (nSPS) is 11.9. The molecule has 106 valence electrons. The number of hydrogen-bond donors (Lipinski definition) is 2. The van der Waals surface area contributed by atoms with Gasteiger partial charge in [-0.3, -0.25) is 0 Å². The maximum atomic E-state index is 4.39. The zero-order valence-electron chi connectivity index (χ0n) is 12.4. The molecule has 2 rings (SSSR count). The Hall–Kier alpha value is -2.10. The summed E-state index contributed by atoms with van der Waals surface area (Å²) in [6.07, 6.45) is 1.07. The van der Waals surface area contributed by atoms with Gasteiger partial charge in [-0.15, -0.1) is 0 Å². The summed E-state index contributed by atoms with van der Waals surface area (Å²) in [5.41, 5.74) is 1.38. The highest BCUT2D eigenvalue weighted by Crippen LogP contribution is 2.18. The summed E-state index contributed by atoms with van der Waals surface area (Å²) in [4.78, 5) is 8.67. The van der Waals surface area contributed by atoms with Gasteiger partial charge < -0.3 is 10.6 Å². The van der Waals surface area contributed by atoms with Crippen molar-refractivity contribution in [3.63, 3.8) is 0 Å². The van der Waals surface area contributed by atoms with E-state index in [0.29, 0.717) is 5.92 Å². The van der Waals surface area contributed by atoms with Crippen LogP contribution in [0.5, 0.6) is 0 Å². The number of aryl methyl sites for hydroxylation is 1. The predicted octanol–water partition coefficient (Wildman–Crippen LogP) is 3.43. The Bertz CT molecular complexity index is 539. The van der Waals surface area contributed by atoms with E-state index in [-0.39, 0.29) is 0 Å². The molecule has 1 atom stereocenters. The first-order valence-corrected chi connectivity index (χ1v) is 7.01. The van der Waals surface area contributed by atoms with E-state index in [9.17, 15) is 0 Å². The Morgan fingerprint density at radius 2 is 1.80 bits per heavy atom. The molecule has 0 amide bonds. The van der Waals surface area contributed by atoms with E-state index in [0.717, 1.165) is 30.4 Å². The predicted molar refractivity (Wildman–Crippen MR) is 84.3 cm³/mol. The average molecular weight is 270 g/mol. The summed E-state index contributed by atoms with van der Waals surface area (Å²) < 4.78 is 0. The lowest BCUT2D eigenvalue weighted by Gasteiger charge is -2.13. The lowest BCUT2D eigenvalue weighted by atomic mass is 9.98. The molecule has 4 heteroatoms. The van der Waals surface area contributed by atoms with Crippen molar-refractivity contribution in [2.45, 2.75) is 26.2 Å². The Morgan fingerprint density at radius 3 is 2.50 bits per heavy atom. The van der Waals surface area contributed by atoms with Crippen molar-refractivity contribution in [3.05, 3.63) is 47.8 Å². The minimum Gasteiger partial charge on any atom is -0.373 e. The van der Waals surface area contributed by atoms with Crippen molar-refractivity contribution < 1.29 is 0 Å². The zero-order chi connectivity index (χ0) is 14.4. The van der Waals surface area contributed by atoms with E-state index in [4.69, 9.17) is 0 Å². The highest BCUT2D eigenvalue weighted by molar-refractivity contribution is 5.47. The molecule has 0 saturated carbocycles. The SMILES string of the molecule is CNc1cc(NCCC(C)c2ccccc2)nc(C)n1. The van der Waals surface area contributed by atoms with E-state index in [1.807, 2.05) is 20.0 Å². The minimum absolute atomic E-state index is 0.537. The molecule has 2 N–H and O–H groups in total. The fourth-order valence-electron chi connectivity index (χ4n) is 2.15. The fourth-order valence-corrected chi connectivity index (χ4v) is 2.15. The molecule has 1 aromatic heterocycles. The average Bonchev–Trinajstić information content (AvgIpc) is 2.47. The van der Waals surface area contributed by atoms with Crippen molar-refractivity contribution in [2.24, 2.45) is 0 Å². The molecular formula is C16H22N4. The van der Waals surface area contributed by atoms with Gasteiger partial charge in [-0.1, -0.05) is 37.3 Å². The molecule has 0 bridgehead atoms. The number of anilines is 2. The van der Waals surface area contributed by atoms with E-state index in [2.05, 4.69) is 57.9 Å². The number of nitrogens with zero attached hydrogens (tertiary/aromatic N) is 2. The van der Waals surface area contributed by atoms with Crippen molar-refractivity contribution in [3.8, 4) is 0 Å². The third-order valence-electron chi connectivity index (χ3n) is 3.35. The van der Waals surface area contributed by atoms with Crippen LogP contribution in [-0.2, 0) is 0 Å². The van der Waals surface area contributed by atoms with Gasteiger partial charge in [0.2, 0.25) is 0 Å². The van der Waals surface area contributed by atoms with Gasteiger partial charge in [0.25, 0.3) is 0 Å². The van der Waals surface area contributed by atoms with Crippen LogP contribution in [0, 0.1) is 6.92 Å². The summed E-state index contributed by atoms with van der Waals surface area (Å²) >= 11 is 0. The summed E-state index contributed by atoms with van der Waals surface area (Å²) in [6.45, 7) is 5.05. The van der Waals surface area contributed by atoms with Crippen molar-refractivity contribution >= 4 is 11.6 Å². The topological polar surface area (TPSA) is 49.8 Å². The maximum absolute atomic E-state index is 4.39. The Morgan fingerprint density at radius 1 is 1.10 bits per heavy atom. The summed E-state index contributed by atoms with van der Waals surface area (Å²) in [7, 11) is 1.86. The number of aromatic nitrogens is 2. The molecule has 1 aromatic carbocycles. The van der Waals surface area contributed by atoms with Crippen LogP contribution < -0.4 is 10.6 Å². The number of hydrogen-bond acceptors (Lipinski definition) is 4. The first kappa shape index (κ1) is 14.3. The van der Waals surface area contributed by atoms with Gasteiger partial charge in [-0.25, -0.2) is 9.97 Å². The second kappa shape index (κ2) is 6.89. The smallest absolute Gasteiger partial charge is 0.131 e. The summed E-state index contributed by atoms with van der Waals surface area (Å²) in [5, 5.41) is 6.41. The van der Waals surface area contributed by atoms with Crippen LogP contribution in [0.2, 0.25) is 0 Å². The van der Waals surface area contributed by atoms with E-state index >= 15 is 0 Å². The number of rotatable bonds is 6. The van der Waals surface area contributed by atoms with E-state index < -0.39 is 0 Å². The largest absolute Gasteiger partial charge is 0.373 e. The molecule has 1 heterocycles. The van der Waals surface area contributed by atoms with Crippen LogP contribution >= 0.6 is 0 Å². The molecule has 0 saturated heterocycles. The van der Waals surface area contributed by atoms with Gasteiger partial charge in [-0.05, 0) is 24.8 Å². The van der Waals surface area contributed by atoms with Gasteiger partial charge in [0.15, 0.2) is 0 Å². The third-order valence-corrected chi connectivity index (χ3v) is 3.35. The monoisotopic (exact) mass is 270 g/mol. The van der Waals surface area contributed by atoms with Crippen LogP contribution in [0.15, 0.2) is 36.4 Å². The number of benzene rings is 1. The fraction of sp³-hybridized carbons (Fsp3) is 0.375. The van der Waals surface area contributed by atoms with Gasteiger partial charge >= 0.3 is 0 Å². The molecule has 2 aromatic rings. The molecule has 0 aliphatic rings. The zero-order valence-corrected chi connectivity index (χ0v) is 12.4. The van der Waals surface area contributed by atoms with Crippen LogP contribution in [-0.4, -0.2) is 23.6 Å². The number of nitrogens with one attached hydrogen (secondary N) is 2. The molecule has 0 spiro atoms. The molecule has 0 radical (unpaired) electrons. The third kappa shape index (κ3) is 3.95. The highest BCUT2D eigenvalue weighted by Gasteiger charge is 2.05. The van der Waals surface area contributed by atoms with Crippen LogP contribution in [0.4, 0.5) is 11.6 Å². The van der Waals surface area contributed by atoms with Crippen molar-refractivity contribution in [1.29, 1.82) is 0 Å². The maximum Gasteiger partial charge on any atom is 0.131 e. The van der Waals surface area contributed by atoms with E-state index in [1.54, 1.807) is 0 Å². The summed E-state index contributed by atoms with van der Waals surface area (Å²) in [6, 6.07) is 12.5. The van der Waals surface area contributed by atoms with Crippen molar-refractivity contribution in [1.82, 2.24) is 9.97 Å². The van der Waals surface area contributed by atoms with Crippen molar-refractivity contribution in [2.75, 3.05) is 24.2 Å². The Kier molecular flexibility index (Phi) is 4.93. The molecule has 0 aliphatic carbocycles.